The molecule has 1 heterocycles. The van der Waals surface area contributed by atoms with Gasteiger partial charge in [0, 0.05) is 5.57 Å². The number of carbonyl (C=O) groups is 1. The first-order valence-corrected chi connectivity index (χ1v) is 2.66. The molecule has 1 aliphatic rings. The van der Waals surface area contributed by atoms with Crippen molar-refractivity contribution in [2.45, 2.75) is 6.92 Å². The van der Waals surface area contributed by atoms with E-state index in [0.29, 0.717) is 12.4 Å². The van der Waals surface area contributed by atoms with Gasteiger partial charge in [0.15, 0.2) is 0 Å². The van der Waals surface area contributed by atoms with Crippen LogP contribution in [-0.2, 0) is 14.3 Å². The molecule has 3 nitrogen and oxygen atoms in total. The summed E-state index contributed by atoms with van der Waals surface area (Å²) < 4.78 is 9.37. The van der Waals surface area contributed by atoms with Gasteiger partial charge in [-0.05, 0) is 6.92 Å². The molecule has 0 saturated heterocycles. The second-order valence-corrected chi connectivity index (χ2v) is 1.89. The molecule has 0 bridgehead atoms. The Bertz CT molecular complexity index is 169. The molecule has 1 aliphatic heterocycles. The summed E-state index contributed by atoms with van der Waals surface area (Å²) in [4.78, 5) is 10.6. The van der Waals surface area contributed by atoms with Crippen LogP contribution in [0.2, 0.25) is 0 Å². The zero-order chi connectivity index (χ0) is 6.85. The molecule has 50 valence electrons. The molecule has 1 rings (SSSR count). The van der Waals surface area contributed by atoms with E-state index in [0.717, 1.165) is 5.57 Å². The number of methoxy groups -OCH3 is 1. The molecule has 0 aromatic rings. The number of ether oxygens (including phenoxy) is 2. The van der Waals surface area contributed by atoms with Gasteiger partial charge in [0.25, 0.3) is 0 Å². The maximum Gasteiger partial charge on any atom is 0.373 e. The van der Waals surface area contributed by atoms with E-state index in [9.17, 15) is 4.79 Å². The molecular weight excluding hydrogens is 120 g/mol. The van der Waals surface area contributed by atoms with Crippen LogP contribution in [-0.4, -0.2) is 19.7 Å². The maximum atomic E-state index is 10.6. The van der Waals surface area contributed by atoms with E-state index in [2.05, 4.69) is 4.74 Å². The third-order valence-corrected chi connectivity index (χ3v) is 1.20. The van der Waals surface area contributed by atoms with Crippen LogP contribution in [0.1, 0.15) is 6.92 Å². The lowest BCUT2D eigenvalue weighted by molar-refractivity contribution is -0.138. The van der Waals surface area contributed by atoms with Crippen molar-refractivity contribution in [2.24, 2.45) is 0 Å². The van der Waals surface area contributed by atoms with Crippen molar-refractivity contribution in [1.29, 1.82) is 0 Å². The zero-order valence-electron chi connectivity index (χ0n) is 5.43. The summed E-state index contributed by atoms with van der Waals surface area (Å²) in [5.41, 5.74) is 0.863. The molecule has 0 spiro atoms. The van der Waals surface area contributed by atoms with Gasteiger partial charge in [-0.3, -0.25) is 0 Å². The van der Waals surface area contributed by atoms with Gasteiger partial charge in [0.2, 0.25) is 5.76 Å². The van der Waals surface area contributed by atoms with Crippen LogP contribution in [0.3, 0.4) is 0 Å². The SMILES string of the molecule is COC1=C(C)COC1=O. The predicted molar refractivity (Wildman–Crippen MR) is 30.7 cm³/mol. The molecule has 0 aromatic carbocycles. The quantitative estimate of drug-likeness (QED) is 0.481. The van der Waals surface area contributed by atoms with Crippen LogP contribution in [0, 0.1) is 0 Å². The standard InChI is InChI=1S/C6H8O3/c1-4-3-9-6(7)5(4)8-2/h3H2,1-2H3. The number of hydrogen-bond acceptors (Lipinski definition) is 3. The Hall–Kier alpha value is -0.990. The Morgan fingerprint density at radius 1 is 1.67 bits per heavy atom. The van der Waals surface area contributed by atoms with Gasteiger partial charge in [-0.15, -0.1) is 0 Å². The van der Waals surface area contributed by atoms with Gasteiger partial charge >= 0.3 is 5.97 Å². The van der Waals surface area contributed by atoms with Gasteiger partial charge in [0.1, 0.15) is 6.61 Å². The third-order valence-electron chi connectivity index (χ3n) is 1.20. The van der Waals surface area contributed by atoms with Crippen LogP contribution in [0.25, 0.3) is 0 Å². The Morgan fingerprint density at radius 3 is 2.56 bits per heavy atom. The molecule has 0 radical (unpaired) electrons. The van der Waals surface area contributed by atoms with E-state index in [4.69, 9.17) is 4.74 Å². The minimum atomic E-state index is -0.352. The van der Waals surface area contributed by atoms with Crippen LogP contribution < -0.4 is 0 Å². The second kappa shape index (κ2) is 2.09. The number of rotatable bonds is 1. The first-order chi connectivity index (χ1) is 4.25. The van der Waals surface area contributed by atoms with Crippen LogP contribution >= 0.6 is 0 Å². The summed E-state index contributed by atoms with van der Waals surface area (Å²) in [5, 5.41) is 0. The Kier molecular flexibility index (Phi) is 1.42. The molecule has 0 aliphatic carbocycles. The summed E-state index contributed by atoms with van der Waals surface area (Å²) in [7, 11) is 1.46. The summed E-state index contributed by atoms with van der Waals surface area (Å²) in [6.45, 7) is 2.19. The molecule has 0 aromatic heterocycles. The average molecular weight is 128 g/mol. The largest absolute Gasteiger partial charge is 0.490 e. The highest BCUT2D eigenvalue weighted by molar-refractivity contribution is 5.89. The average Bonchev–Trinajstić information content (AvgIpc) is 2.12. The highest BCUT2D eigenvalue weighted by Crippen LogP contribution is 2.14. The molecule has 3 heteroatoms. The maximum absolute atomic E-state index is 10.6. The van der Waals surface area contributed by atoms with E-state index in [1.165, 1.54) is 7.11 Å². The van der Waals surface area contributed by atoms with Gasteiger partial charge in [-0.1, -0.05) is 0 Å². The fourth-order valence-corrected chi connectivity index (χ4v) is 0.737. The van der Waals surface area contributed by atoms with Crippen LogP contribution in [0.5, 0.6) is 0 Å². The first kappa shape index (κ1) is 6.13. The predicted octanol–water partition coefficient (Wildman–Crippen LogP) is 0.464. The van der Waals surface area contributed by atoms with Gasteiger partial charge < -0.3 is 9.47 Å². The Labute approximate surface area is 53.3 Å². The molecule has 0 atom stereocenters. The van der Waals surface area contributed by atoms with E-state index >= 15 is 0 Å². The highest BCUT2D eigenvalue weighted by atomic mass is 16.6. The van der Waals surface area contributed by atoms with Crippen molar-refractivity contribution in [3.05, 3.63) is 11.3 Å². The van der Waals surface area contributed by atoms with Crippen molar-refractivity contribution in [3.8, 4) is 0 Å². The lowest BCUT2D eigenvalue weighted by atomic mass is 10.3. The lowest BCUT2D eigenvalue weighted by Crippen LogP contribution is -2.00. The van der Waals surface area contributed by atoms with Gasteiger partial charge in [-0.2, -0.15) is 0 Å². The molecule has 0 saturated carbocycles. The van der Waals surface area contributed by atoms with E-state index in [1.54, 1.807) is 0 Å². The fraction of sp³-hybridized carbons (Fsp3) is 0.500. The molecule has 0 unspecified atom stereocenters. The fourth-order valence-electron chi connectivity index (χ4n) is 0.737. The molecular formula is C6H8O3. The van der Waals surface area contributed by atoms with Crippen molar-refractivity contribution < 1.29 is 14.3 Å². The molecule has 0 N–H and O–H groups in total. The van der Waals surface area contributed by atoms with Gasteiger partial charge in [-0.25, -0.2) is 4.79 Å². The van der Waals surface area contributed by atoms with Crippen molar-refractivity contribution in [1.82, 2.24) is 0 Å². The molecule has 0 fully saturated rings. The monoisotopic (exact) mass is 128 g/mol. The minimum absolute atomic E-state index is 0.352. The third kappa shape index (κ3) is 0.896. The smallest absolute Gasteiger partial charge is 0.373 e. The first-order valence-electron chi connectivity index (χ1n) is 2.66. The summed E-state index contributed by atoms with van der Waals surface area (Å²) in [6, 6.07) is 0. The van der Waals surface area contributed by atoms with Crippen LogP contribution in [0.15, 0.2) is 11.3 Å². The number of cyclic esters (lactones) is 1. The zero-order valence-corrected chi connectivity index (χ0v) is 5.43. The number of carbonyl (C=O) groups excluding carboxylic acids is 1. The number of esters is 1. The minimum Gasteiger partial charge on any atom is -0.490 e. The van der Waals surface area contributed by atoms with Crippen molar-refractivity contribution in [2.75, 3.05) is 13.7 Å². The van der Waals surface area contributed by atoms with E-state index in [1.807, 2.05) is 6.92 Å². The van der Waals surface area contributed by atoms with Gasteiger partial charge in [0.05, 0.1) is 7.11 Å². The van der Waals surface area contributed by atoms with E-state index in [-0.39, 0.29) is 5.97 Å². The van der Waals surface area contributed by atoms with Crippen molar-refractivity contribution in [3.63, 3.8) is 0 Å². The highest BCUT2D eigenvalue weighted by Gasteiger charge is 2.21. The Balaban J connectivity index is 2.82. The summed E-state index contributed by atoms with van der Waals surface area (Å²) in [5.74, 6) is 0.00463. The molecule has 0 amide bonds. The molecule has 9 heavy (non-hydrogen) atoms. The topological polar surface area (TPSA) is 35.5 Å². The number of hydrogen-bond donors (Lipinski definition) is 0. The van der Waals surface area contributed by atoms with Crippen molar-refractivity contribution >= 4 is 5.97 Å². The lowest BCUT2D eigenvalue weighted by Gasteiger charge is -1.94. The summed E-state index contributed by atoms with van der Waals surface area (Å²) in [6.07, 6.45) is 0. The van der Waals surface area contributed by atoms with E-state index < -0.39 is 0 Å². The Morgan fingerprint density at radius 2 is 2.33 bits per heavy atom. The summed E-state index contributed by atoms with van der Waals surface area (Å²) >= 11 is 0. The van der Waals surface area contributed by atoms with Crippen LogP contribution in [0.4, 0.5) is 0 Å². The normalized spacial score (nSPS) is 18.2. The second-order valence-electron chi connectivity index (χ2n) is 1.89.